The van der Waals surface area contributed by atoms with Gasteiger partial charge in [0.25, 0.3) is 0 Å². The molecule has 1 aromatic carbocycles. The summed E-state index contributed by atoms with van der Waals surface area (Å²) in [7, 11) is 1.64. The average molecular weight is 236 g/mol. The first-order chi connectivity index (χ1) is 8.08. The second-order valence-electron chi connectivity index (χ2n) is 4.02. The maximum absolute atomic E-state index is 11.0. The SMILES string of the molecule is CC[C@H](N[C@H](C)C(N)=O)c1ccc(OC)cc1. The van der Waals surface area contributed by atoms with Crippen molar-refractivity contribution in [2.45, 2.75) is 32.4 Å². The van der Waals surface area contributed by atoms with Gasteiger partial charge < -0.3 is 10.5 Å². The topological polar surface area (TPSA) is 64.3 Å². The molecule has 0 heterocycles. The predicted octanol–water partition coefficient (Wildman–Crippen LogP) is 1.61. The van der Waals surface area contributed by atoms with E-state index < -0.39 is 0 Å². The molecule has 0 aliphatic rings. The van der Waals surface area contributed by atoms with Gasteiger partial charge in [0, 0.05) is 6.04 Å². The molecule has 0 saturated heterocycles. The molecule has 4 heteroatoms. The summed E-state index contributed by atoms with van der Waals surface area (Å²) >= 11 is 0. The highest BCUT2D eigenvalue weighted by molar-refractivity contribution is 5.79. The molecule has 1 amide bonds. The Hall–Kier alpha value is -1.55. The van der Waals surface area contributed by atoms with Crippen molar-refractivity contribution in [1.82, 2.24) is 5.32 Å². The van der Waals surface area contributed by atoms with Gasteiger partial charge in [0.15, 0.2) is 0 Å². The molecule has 1 rings (SSSR count). The van der Waals surface area contributed by atoms with Gasteiger partial charge in [-0.05, 0) is 31.0 Å². The molecule has 2 atom stereocenters. The minimum atomic E-state index is -0.336. The molecule has 0 aliphatic carbocycles. The van der Waals surface area contributed by atoms with Gasteiger partial charge in [-0.25, -0.2) is 0 Å². The molecule has 0 aliphatic heterocycles. The lowest BCUT2D eigenvalue weighted by atomic mass is 10.0. The summed E-state index contributed by atoms with van der Waals surface area (Å²) in [5.74, 6) is 0.489. The molecule has 0 unspecified atom stereocenters. The van der Waals surface area contributed by atoms with Gasteiger partial charge in [-0.2, -0.15) is 0 Å². The van der Waals surface area contributed by atoms with Crippen LogP contribution in [0.1, 0.15) is 31.9 Å². The van der Waals surface area contributed by atoms with Gasteiger partial charge in [0.2, 0.25) is 5.91 Å². The standard InChI is InChI=1S/C13H20N2O2/c1-4-12(15-9(2)13(14)16)10-5-7-11(17-3)8-6-10/h5-9,12,15H,4H2,1-3H3,(H2,14,16)/t9-,12+/m1/s1. The van der Waals surface area contributed by atoms with Crippen LogP contribution in [0.5, 0.6) is 5.75 Å². The number of primary amides is 1. The van der Waals surface area contributed by atoms with E-state index >= 15 is 0 Å². The first kappa shape index (κ1) is 13.5. The Morgan fingerprint density at radius 2 is 2.00 bits per heavy atom. The summed E-state index contributed by atoms with van der Waals surface area (Å²) < 4.78 is 5.11. The van der Waals surface area contributed by atoms with Crippen molar-refractivity contribution in [2.24, 2.45) is 5.73 Å². The zero-order chi connectivity index (χ0) is 12.8. The Morgan fingerprint density at radius 1 is 1.41 bits per heavy atom. The van der Waals surface area contributed by atoms with Crippen LogP contribution in [-0.2, 0) is 4.79 Å². The highest BCUT2D eigenvalue weighted by Gasteiger charge is 2.15. The Labute approximate surface area is 102 Å². The Kier molecular flexibility index (Phi) is 4.97. The molecule has 0 saturated carbocycles. The van der Waals surface area contributed by atoms with Gasteiger partial charge in [-0.1, -0.05) is 19.1 Å². The third-order valence-corrected chi connectivity index (χ3v) is 2.80. The van der Waals surface area contributed by atoms with Crippen molar-refractivity contribution in [1.29, 1.82) is 0 Å². The van der Waals surface area contributed by atoms with Crippen molar-refractivity contribution >= 4 is 5.91 Å². The molecule has 0 bridgehead atoms. The minimum absolute atomic E-state index is 0.128. The van der Waals surface area contributed by atoms with Crippen LogP contribution in [0.3, 0.4) is 0 Å². The molecule has 4 nitrogen and oxygen atoms in total. The first-order valence-electron chi connectivity index (χ1n) is 5.77. The maximum Gasteiger partial charge on any atom is 0.234 e. The molecule has 1 aromatic rings. The van der Waals surface area contributed by atoms with Gasteiger partial charge >= 0.3 is 0 Å². The summed E-state index contributed by atoms with van der Waals surface area (Å²) in [5.41, 5.74) is 6.37. The van der Waals surface area contributed by atoms with Crippen LogP contribution in [0.4, 0.5) is 0 Å². The number of hydrogen-bond acceptors (Lipinski definition) is 3. The third kappa shape index (κ3) is 3.75. The van der Waals surface area contributed by atoms with Gasteiger partial charge in [-0.3, -0.25) is 10.1 Å². The number of amides is 1. The Morgan fingerprint density at radius 3 is 2.41 bits per heavy atom. The van der Waals surface area contributed by atoms with Gasteiger partial charge in [0.05, 0.1) is 13.2 Å². The van der Waals surface area contributed by atoms with Crippen molar-refractivity contribution in [3.8, 4) is 5.75 Å². The molecule has 0 spiro atoms. The molecule has 94 valence electrons. The van der Waals surface area contributed by atoms with Gasteiger partial charge in [-0.15, -0.1) is 0 Å². The maximum atomic E-state index is 11.0. The number of methoxy groups -OCH3 is 1. The summed E-state index contributed by atoms with van der Waals surface area (Å²) in [4.78, 5) is 11.0. The Balaban J connectivity index is 2.75. The second kappa shape index (κ2) is 6.25. The minimum Gasteiger partial charge on any atom is -0.497 e. The van der Waals surface area contributed by atoms with E-state index in [2.05, 4.69) is 12.2 Å². The van der Waals surface area contributed by atoms with Crippen molar-refractivity contribution in [2.75, 3.05) is 7.11 Å². The van der Waals surface area contributed by atoms with Crippen LogP contribution >= 0.6 is 0 Å². The zero-order valence-corrected chi connectivity index (χ0v) is 10.6. The second-order valence-corrected chi connectivity index (χ2v) is 4.02. The molecular formula is C13H20N2O2. The lowest BCUT2D eigenvalue weighted by molar-refractivity contribution is -0.119. The van der Waals surface area contributed by atoms with Crippen molar-refractivity contribution in [3.05, 3.63) is 29.8 Å². The quantitative estimate of drug-likeness (QED) is 0.788. The molecule has 0 fully saturated rings. The number of benzene rings is 1. The smallest absolute Gasteiger partial charge is 0.234 e. The molecular weight excluding hydrogens is 216 g/mol. The number of carbonyl (C=O) groups is 1. The largest absolute Gasteiger partial charge is 0.497 e. The fraction of sp³-hybridized carbons (Fsp3) is 0.462. The summed E-state index contributed by atoms with van der Waals surface area (Å²) in [5, 5.41) is 3.20. The number of nitrogens with two attached hydrogens (primary N) is 1. The summed E-state index contributed by atoms with van der Waals surface area (Å²) in [6, 6.07) is 7.61. The number of hydrogen-bond donors (Lipinski definition) is 2. The monoisotopic (exact) mass is 236 g/mol. The molecule has 0 radical (unpaired) electrons. The summed E-state index contributed by atoms with van der Waals surface area (Å²) in [6.45, 7) is 3.84. The molecule has 0 aromatic heterocycles. The van der Waals surface area contributed by atoms with Crippen LogP contribution in [0.15, 0.2) is 24.3 Å². The fourth-order valence-electron chi connectivity index (χ4n) is 1.67. The lowest BCUT2D eigenvalue weighted by Crippen LogP contribution is -2.40. The van der Waals surface area contributed by atoms with Crippen LogP contribution in [0.2, 0.25) is 0 Å². The van der Waals surface area contributed by atoms with E-state index in [1.807, 2.05) is 24.3 Å². The van der Waals surface area contributed by atoms with E-state index in [-0.39, 0.29) is 18.0 Å². The van der Waals surface area contributed by atoms with Crippen LogP contribution in [0.25, 0.3) is 0 Å². The van der Waals surface area contributed by atoms with E-state index in [0.29, 0.717) is 0 Å². The van der Waals surface area contributed by atoms with E-state index in [1.165, 1.54) is 0 Å². The highest BCUT2D eigenvalue weighted by atomic mass is 16.5. The lowest BCUT2D eigenvalue weighted by Gasteiger charge is -2.21. The van der Waals surface area contributed by atoms with E-state index in [1.54, 1.807) is 14.0 Å². The number of nitrogens with one attached hydrogen (secondary N) is 1. The predicted molar refractivity (Wildman–Crippen MR) is 67.8 cm³/mol. The molecule has 17 heavy (non-hydrogen) atoms. The average Bonchev–Trinajstić information content (AvgIpc) is 2.35. The highest BCUT2D eigenvalue weighted by Crippen LogP contribution is 2.20. The third-order valence-electron chi connectivity index (χ3n) is 2.80. The van der Waals surface area contributed by atoms with E-state index in [0.717, 1.165) is 17.7 Å². The number of rotatable bonds is 6. The number of carbonyl (C=O) groups excluding carboxylic acids is 1. The summed E-state index contributed by atoms with van der Waals surface area (Å²) in [6.07, 6.45) is 0.893. The zero-order valence-electron chi connectivity index (χ0n) is 10.6. The van der Waals surface area contributed by atoms with Crippen LogP contribution < -0.4 is 15.8 Å². The van der Waals surface area contributed by atoms with Gasteiger partial charge in [0.1, 0.15) is 5.75 Å². The first-order valence-corrected chi connectivity index (χ1v) is 5.77. The van der Waals surface area contributed by atoms with Crippen molar-refractivity contribution < 1.29 is 9.53 Å². The Bertz CT molecular complexity index is 362. The van der Waals surface area contributed by atoms with E-state index in [4.69, 9.17) is 10.5 Å². The molecule has 3 N–H and O–H groups in total. The number of ether oxygens (including phenoxy) is 1. The van der Waals surface area contributed by atoms with Crippen LogP contribution in [-0.4, -0.2) is 19.1 Å². The van der Waals surface area contributed by atoms with Crippen molar-refractivity contribution in [3.63, 3.8) is 0 Å². The fourth-order valence-corrected chi connectivity index (χ4v) is 1.67. The normalized spacial score (nSPS) is 14.1. The van der Waals surface area contributed by atoms with Crippen LogP contribution in [0, 0.1) is 0 Å². The van der Waals surface area contributed by atoms with E-state index in [9.17, 15) is 4.79 Å².